The molecule has 0 aromatic heterocycles. The lowest BCUT2D eigenvalue weighted by Crippen LogP contribution is -2.53. The van der Waals surface area contributed by atoms with Gasteiger partial charge in [-0.15, -0.1) is 0 Å². The number of benzene rings is 2. The topological polar surface area (TPSA) is 42.0 Å². The third-order valence-corrected chi connectivity index (χ3v) is 6.03. The van der Waals surface area contributed by atoms with E-state index in [4.69, 9.17) is 9.47 Å². The Morgan fingerprint density at radius 2 is 1.87 bits per heavy atom. The molecule has 2 aliphatic heterocycles. The molecule has 160 valence electrons. The number of amides is 1. The van der Waals surface area contributed by atoms with Crippen molar-refractivity contribution in [3.63, 3.8) is 0 Å². The van der Waals surface area contributed by atoms with E-state index in [1.54, 1.807) is 13.2 Å². The highest BCUT2D eigenvalue weighted by atomic mass is 19.1. The Morgan fingerprint density at radius 3 is 2.60 bits per heavy atom. The second kappa shape index (κ2) is 9.58. The van der Waals surface area contributed by atoms with Gasteiger partial charge in [0.1, 0.15) is 11.6 Å². The van der Waals surface area contributed by atoms with E-state index in [0.29, 0.717) is 32.1 Å². The van der Waals surface area contributed by atoms with E-state index in [1.165, 1.54) is 12.1 Å². The van der Waals surface area contributed by atoms with Crippen LogP contribution >= 0.6 is 0 Å². The number of ether oxygens (including phenoxy) is 2. The largest absolute Gasteiger partial charge is 0.496 e. The van der Waals surface area contributed by atoms with E-state index in [0.717, 1.165) is 49.0 Å². The Morgan fingerprint density at radius 1 is 1.10 bits per heavy atom. The molecule has 2 aliphatic rings. The number of piperidine rings is 1. The van der Waals surface area contributed by atoms with Gasteiger partial charge in [0.2, 0.25) is 5.91 Å². The number of methoxy groups -OCH3 is 1. The van der Waals surface area contributed by atoms with Crippen LogP contribution in [0.15, 0.2) is 42.5 Å². The molecule has 2 saturated heterocycles. The minimum absolute atomic E-state index is 0.0557. The van der Waals surface area contributed by atoms with Gasteiger partial charge in [0.25, 0.3) is 0 Å². The van der Waals surface area contributed by atoms with E-state index >= 15 is 0 Å². The number of rotatable bonds is 5. The van der Waals surface area contributed by atoms with Gasteiger partial charge in [-0.25, -0.2) is 4.39 Å². The number of nitrogens with zero attached hydrogens (tertiary/aromatic N) is 2. The van der Waals surface area contributed by atoms with Gasteiger partial charge in [0.15, 0.2) is 0 Å². The summed E-state index contributed by atoms with van der Waals surface area (Å²) >= 11 is 0. The van der Waals surface area contributed by atoms with Crippen LogP contribution in [0.1, 0.15) is 24.8 Å². The predicted octanol–water partition coefficient (Wildman–Crippen LogP) is 3.71. The van der Waals surface area contributed by atoms with Crippen LogP contribution in [0.3, 0.4) is 0 Å². The first-order valence-corrected chi connectivity index (χ1v) is 10.7. The lowest BCUT2D eigenvalue weighted by atomic mass is 9.98. The molecule has 30 heavy (non-hydrogen) atoms. The summed E-state index contributed by atoms with van der Waals surface area (Å²) in [5.74, 6) is 0.600. The summed E-state index contributed by atoms with van der Waals surface area (Å²) in [6.45, 7) is 4.30. The van der Waals surface area contributed by atoms with E-state index in [9.17, 15) is 9.18 Å². The highest BCUT2D eigenvalue weighted by Gasteiger charge is 2.32. The molecule has 0 aliphatic carbocycles. The summed E-state index contributed by atoms with van der Waals surface area (Å²) in [6.07, 6.45) is 3.12. The predicted molar refractivity (Wildman–Crippen MR) is 114 cm³/mol. The van der Waals surface area contributed by atoms with Gasteiger partial charge in [-0.2, -0.15) is 0 Å². The van der Waals surface area contributed by atoms with Crippen LogP contribution in [-0.2, 0) is 16.1 Å². The summed E-state index contributed by atoms with van der Waals surface area (Å²) in [7, 11) is 1.59. The fourth-order valence-corrected chi connectivity index (χ4v) is 4.38. The summed E-state index contributed by atoms with van der Waals surface area (Å²) < 4.78 is 24.5. The average molecular weight is 413 g/mol. The zero-order chi connectivity index (χ0) is 20.9. The molecule has 2 heterocycles. The van der Waals surface area contributed by atoms with Crippen LogP contribution < -0.4 is 4.74 Å². The molecule has 4 rings (SSSR count). The smallest absolute Gasteiger partial charge is 0.240 e. The molecule has 1 atom stereocenters. The summed E-state index contributed by atoms with van der Waals surface area (Å²) in [6, 6.07) is 12.6. The molecule has 5 nitrogen and oxygen atoms in total. The van der Waals surface area contributed by atoms with Gasteiger partial charge >= 0.3 is 0 Å². The van der Waals surface area contributed by atoms with Crippen molar-refractivity contribution in [2.75, 3.05) is 40.0 Å². The second-order valence-corrected chi connectivity index (χ2v) is 7.96. The first-order valence-electron chi connectivity index (χ1n) is 10.7. The number of morpholine rings is 1. The van der Waals surface area contributed by atoms with Crippen molar-refractivity contribution < 1.29 is 18.7 Å². The van der Waals surface area contributed by atoms with Crippen molar-refractivity contribution in [2.45, 2.75) is 31.8 Å². The average Bonchev–Trinajstić information content (AvgIpc) is 2.80. The summed E-state index contributed by atoms with van der Waals surface area (Å²) in [4.78, 5) is 17.3. The first-order chi connectivity index (χ1) is 14.7. The molecule has 0 spiro atoms. The summed E-state index contributed by atoms with van der Waals surface area (Å²) in [5, 5.41) is 0. The fourth-order valence-electron chi connectivity index (χ4n) is 4.38. The lowest BCUT2D eigenvalue weighted by Gasteiger charge is -2.38. The first kappa shape index (κ1) is 20.8. The Kier molecular flexibility index (Phi) is 6.65. The second-order valence-electron chi connectivity index (χ2n) is 7.96. The van der Waals surface area contributed by atoms with E-state index in [1.807, 2.05) is 17.0 Å². The zero-order valence-corrected chi connectivity index (χ0v) is 17.5. The van der Waals surface area contributed by atoms with Crippen molar-refractivity contribution in [3.05, 3.63) is 53.8 Å². The van der Waals surface area contributed by atoms with Crippen molar-refractivity contribution in [1.29, 1.82) is 0 Å². The van der Waals surface area contributed by atoms with Gasteiger partial charge in [-0.3, -0.25) is 9.69 Å². The molecule has 1 unspecified atom stereocenters. The van der Waals surface area contributed by atoms with E-state index < -0.39 is 0 Å². The van der Waals surface area contributed by atoms with Crippen LogP contribution in [0.25, 0.3) is 11.1 Å². The van der Waals surface area contributed by atoms with Crippen LogP contribution in [0.5, 0.6) is 5.75 Å². The molecular weight excluding hydrogens is 383 g/mol. The maximum Gasteiger partial charge on any atom is 0.240 e. The molecule has 6 heteroatoms. The number of hydrogen-bond acceptors (Lipinski definition) is 4. The molecule has 2 aromatic rings. The fraction of sp³-hybridized carbons (Fsp3) is 0.458. The zero-order valence-electron chi connectivity index (χ0n) is 17.5. The Bertz CT molecular complexity index is 865. The molecule has 0 bridgehead atoms. The van der Waals surface area contributed by atoms with Gasteiger partial charge in [0, 0.05) is 25.2 Å². The quantitative estimate of drug-likeness (QED) is 0.751. The molecule has 2 aromatic carbocycles. The number of carbonyl (C=O) groups is 1. The minimum Gasteiger partial charge on any atom is -0.496 e. The number of hydrogen-bond donors (Lipinski definition) is 0. The summed E-state index contributed by atoms with van der Waals surface area (Å²) in [5.41, 5.74) is 2.80. The molecule has 2 fully saturated rings. The monoisotopic (exact) mass is 412 g/mol. The minimum atomic E-state index is -0.285. The maximum atomic E-state index is 13.7. The Balaban J connectivity index is 1.47. The van der Waals surface area contributed by atoms with Crippen LogP contribution in [0, 0.1) is 5.82 Å². The van der Waals surface area contributed by atoms with Crippen molar-refractivity contribution in [2.24, 2.45) is 0 Å². The van der Waals surface area contributed by atoms with Crippen LogP contribution in [-0.4, -0.2) is 61.7 Å². The molecule has 0 saturated carbocycles. The van der Waals surface area contributed by atoms with Gasteiger partial charge < -0.3 is 14.4 Å². The third kappa shape index (κ3) is 4.65. The third-order valence-electron chi connectivity index (χ3n) is 6.03. The van der Waals surface area contributed by atoms with Gasteiger partial charge in [-0.1, -0.05) is 30.7 Å². The van der Waals surface area contributed by atoms with Crippen LogP contribution in [0.2, 0.25) is 0 Å². The van der Waals surface area contributed by atoms with Gasteiger partial charge in [-0.05, 0) is 48.7 Å². The van der Waals surface area contributed by atoms with Gasteiger partial charge in [0.05, 0.1) is 26.4 Å². The highest BCUT2D eigenvalue weighted by Crippen LogP contribution is 2.31. The molecule has 1 amide bonds. The van der Waals surface area contributed by atoms with E-state index in [-0.39, 0.29) is 17.8 Å². The Hall–Kier alpha value is -2.44. The maximum absolute atomic E-state index is 13.7. The number of likely N-dealkylation sites (tertiary alicyclic amines) is 1. The van der Waals surface area contributed by atoms with E-state index in [2.05, 4.69) is 17.0 Å². The van der Waals surface area contributed by atoms with Crippen molar-refractivity contribution in [3.8, 4) is 16.9 Å². The van der Waals surface area contributed by atoms with Crippen molar-refractivity contribution >= 4 is 5.91 Å². The number of halogens is 1. The molecule has 0 N–H and O–H groups in total. The molecular formula is C24H29FN2O3. The van der Waals surface area contributed by atoms with Crippen molar-refractivity contribution in [1.82, 2.24) is 9.80 Å². The number of carbonyl (C=O) groups excluding carboxylic acids is 1. The highest BCUT2D eigenvalue weighted by molar-refractivity contribution is 5.82. The molecule has 0 radical (unpaired) electrons. The van der Waals surface area contributed by atoms with Crippen LogP contribution in [0.4, 0.5) is 4.39 Å². The normalized spacial score (nSPS) is 20.2. The standard InChI is InChI=1S/C24H29FN2O3/c1-29-23-10-9-20(25)16-21(23)19-7-5-18(6-8-19)17-27-11-3-2-4-22(27)24(28)26-12-14-30-15-13-26/h5-10,16,22H,2-4,11-15,17H2,1H3. The lowest BCUT2D eigenvalue weighted by molar-refractivity contribution is -0.142. The Labute approximate surface area is 177 Å². The SMILES string of the molecule is COc1ccc(F)cc1-c1ccc(CN2CCCCC2C(=O)N2CCOCC2)cc1.